The molecule has 0 bridgehead atoms. The number of carbonyl (C=O) groups is 1. The van der Waals surface area contributed by atoms with E-state index in [0.29, 0.717) is 16.5 Å². The highest BCUT2D eigenvalue weighted by Gasteiger charge is 2.19. The summed E-state index contributed by atoms with van der Waals surface area (Å²) in [4.78, 5) is 11.2. The molecule has 1 unspecified atom stereocenters. The predicted molar refractivity (Wildman–Crippen MR) is 55.1 cm³/mol. The summed E-state index contributed by atoms with van der Waals surface area (Å²) in [5.41, 5.74) is 6.51. The Morgan fingerprint density at radius 2 is 1.92 bits per heavy atom. The second-order valence-electron chi connectivity index (χ2n) is 4.43. The number of Topliss-reactive ketones (excluding diaryl/α,β-unsaturated/α-hetero) is 1. The molecule has 0 amide bonds. The van der Waals surface area contributed by atoms with Crippen LogP contribution in [-0.4, -0.2) is 37.6 Å². The molecule has 76 valence electrons. The van der Waals surface area contributed by atoms with Gasteiger partial charge in [-0.2, -0.15) is 0 Å². The zero-order chi connectivity index (χ0) is 10.6. The molecule has 0 saturated heterocycles. The average Bonchev–Trinajstić information content (AvgIpc) is 1.97. The monoisotopic (exact) mass is 185 g/mol. The van der Waals surface area contributed by atoms with E-state index in [2.05, 4.69) is 6.58 Å². The van der Waals surface area contributed by atoms with E-state index in [-0.39, 0.29) is 11.9 Å². The molecule has 0 aromatic rings. The van der Waals surface area contributed by atoms with Gasteiger partial charge in [0.25, 0.3) is 0 Å². The highest BCUT2D eigenvalue weighted by molar-refractivity contribution is 5.94. The van der Waals surface area contributed by atoms with Gasteiger partial charge in [-0.1, -0.05) is 6.58 Å². The maximum atomic E-state index is 11.2. The molecule has 0 fully saturated rings. The minimum absolute atomic E-state index is 0.0169. The number of hydrogen-bond donors (Lipinski definition) is 1. The summed E-state index contributed by atoms with van der Waals surface area (Å²) in [7, 11) is 6.07. The Kier molecular flexibility index (Phi) is 4.30. The van der Waals surface area contributed by atoms with Crippen molar-refractivity contribution in [2.45, 2.75) is 25.9 Å². The largest absolute Gasteiger partial charge is 0.316 e. The van der Waals surface area contributed by atoms with E-state index >= 15 is 0 Å². The Labute approximate surface area is 80.8 Å². The van der Waals surface area contributed by atoms with Crippen LogP contribution in [0.4, 0.5) is 0 Å². The molecule has 13 heavy (non-hydrogen) atoms. The van der Waals surface area contributed by atoms with Gasteiger partial charge in [0.1, 0.15) is 6.17 Å². The van der Waals surface area contributed by atoms with Crippen LogP contribution in [0.25, 0.3) is 0 Å². The highest BCUT2D eigenvalue weighted by atomic mass is 16.1. The summed E-state index contributed by atoms with van der Waals surface area (Å²) < 4.78 is 0.684. The summed E-state index contributed by atoms with van der Waals surface area (Å²) in [5.74, 6) is 0.115. The van der Waals surface area contributed by atoms with Crippen LogP contribution in [0.1, 0.15) is 19.8 Å². The van der Waals surface area contributed by atoms with E-state index < -0.39 is 0 Å². The van der Waals surface area contributed by atoms with Gasteiger partial charge in [0.2, 0.25) is 0 Å². The number of quaternary nitrogens is 1. The van der Waals surface area contributed by atoms with Gasteiger partial charge in [-0.05, 0) is 12.5 Å². The lowest BCUT2D eigenvalue weighted by atomic mass is 10.1. The molecule has 0 rings (SSSR count). The standard InChI is InChI=1S/C10H21N2O/c1-8(2)9(13)6-7-10(11)12(3,4)5/h10H,1,6-7,11H2,2-5H3/q+1. The molecule has 3 heteroatoms. The van der Waals surface area contributed by atoms with Gasteiger partial charge in [0.15, 0.2) is 5.78 Å². The smallest absolute Gasteiger partial charge is 0.158 e. The molecule has 3 nitrogen and oxygen atoms in total. The second kappa shape index (κ2) is 4.53. The number of nitrogens with two attached hydrogens (primary N) is 1. The van der Waals surface area contributed by atoms with Crippen molar-refractivity contribution >= 4 is 5.78 Å². The van der Waals surface area contributed by atoms with Crippen molar-refractivity contribution in [3.05, 3.63) is 12.2 Å². The number of rotatable bonds is 5. The van der Waals surface area contributed by atoms with Crippen LogP contribution >= 0.6 is 0 Å². The van der Waals surface area contributed by atoms with E-state index in [9.17, 15) is 4.79 Å². The van der Waals surface area contributed by atoms with Crippen molar-refractivity contribution in [3.8, 4) is 0 Å². The van der Waals surface area contributed by atoms with Gasteiger partial charge < -0.3 is 4.48 Å². The highest BCUT2D eigenvalue weighted by Crippen LogP contribution is 2.07. The number of carbonyl (C=O) groups excluding carboxylic acids is 1. The van der Waals surface area contributed by atoms with Crippen molar-refractivity contribution in [2.75, 3.05) is 21.1 Å². The van der Waals surface area contributed by atoms with E-state index in [0.717, 1.165) is 6.42 Å². The van der Waals surface area contributed by atoms with Crippen molar-refractivity contribution < 1.29 is 9.28 Å². The molecule has 0 spiro atoms. The lowest BCUT2D eigenvalue weighted by molar-refractivity contribution is -0.896. The Bertz CT molecular complexity index is 203. The fourth-order valence-electron chi connectivity index (χ4n) is 0.880. The fourth-order valence-corrected chi connectivity index (χ4v) is 0.880. The average molecular weight is 185 g/mol. The van der Waals surface area contributed by atoms with Crippen LogP contribution in [0.3, 0.4) is 0 Å². The number of allylic oxidation sites excluding steroid dienone is 1. The first-order chi connectivity index (χ1) is 5.75. The van der Waals surface area contributed by atoms with Gasteiger partial charge in [0, 0.05) is 12.8 Å². The molecule has 0 radical (unpaired) electrons. The molecule has 0 aliphatic carbocycles. The Morgan fingerprint density at radius 3 is 2.23 bits per heavy atom. The minimum Gasteiger partial charge on any atom is -0.316 e. The maximum Gasteiger partial charge on any atom is 0.158 e. The van der Waals surface area contributed by atoms with E-state index in [1.807, 2.05) is 21.1 Å². The molecule has 0 aliphatic heterocycles. The summed E-state index contributed by atoms with van der Waals surface area (Å²) in [6.45, 7) is 5.34. The summed E-state index contributed by atoms with van der Waals surface area (Å²) >= 11 is 0. The fraction of sp³-hybridized carbons (Fsp3) is 0.700. The zero-order valence-corrected chi connectivity index (χ0v) is 9.13. The van der Waals surface area contributed by atoms with Crippen LogP contribution in [0, 0.1) is 0 Å². The van der Waals surface area contributed by atoms with Gasteiger partial charge in [0.05, 0.1) is 21.1 Å². The van der Waals surface area contributed by atoms with E-state index in [4.69, 9.17) is 5.73 Å². The van der Waals surface area contributed by atoms with Crippen molar-refractivity contribution in [1.29, 1.82) is 0 Å². The summed E-state index contributed by atoms with van der Waals surface area (Å²) in [6, 6.07) is 0. The maximum absolute atomic E-state index is 11.2. The lowest BCUT2D eigenvalue weighted by Gasteiger charge is -2.30. The van der Waals surface area contributed by atoms with Crippen LogP contribution in [0.2, 0.25) is 0 Å². The van der Waals surface area contributed by atoms with Crippen LogP contribution < -0.4 is 5.73 Å². The molecule has 0 aliphatic rings. The molecule has 0 aromatic heterocycles. The van der Waals surface area contributed by atoms with Crippen molar-refractivity contribution in [2.24, 2.45) is 5.73 Å². The first-order valence-electron chi connectivity index (χ1n) is 4.50. The predicted octanol–water partition coefficient (Wildman–Crippen LogP) is 0.903. The third-order valence-electron chi connectivity index (χ3n) is 2.14. The van der Waals surface area contributed by atoms with Crippen molar-refractivity contribution in [3.63, 3.8) is 0 Å². The topological polar surface area (TPSA) is 43.1 Å². The molecule has 2 N–H and O–H groups in total. The number of nitrogens with zero attached hydrogens (tertiary/aromatic N) is 1. The molecular formula is C10H21N2O+. The molecular weight excluding hydrogens is 164 g/mol. The normalized spacial score (nSPS) is 13.9. The third kappa shape index (κ3) is 4.80. The molecule has 0 aromatic carbocycles. The van der Waals surface area contributed by atoms with E-state index in [1.54, 1.807) is 6.92 Å². The van der Waals surface area contributed by atoms with Crippen LogP contribution in [0.5, 0.6) is 0 Å². The van der Waals surface area contributed by atoms with Crippen LogP contribution in [-0.2, 0) is 4.79 Å². The Balaban J connectivity index is 3.91. The Hall–Kier alpha value is -0.670. The number of ketones is 1. The van der Waals surface area contributed by atoms with E-state index in [1.165, 1.54) is 0 Å². The SMILES string of the molecule is C=C(C)C(=O)CCC(N)[N+](C)(C)C. The van der Waals surface area contributed by atoms with Gasteiger partial charge >= 0.3 is 0 Å². The zero-order valence-electron chi connectivity index (χ0n) is 9.13. The summed E-state index contributed by atoms with van der Waals surface area (Å²) in [5, 5.41) is 0. The molecule has 0 saturated carbocycles. The Morgan fingerprint density at radius 1 is 1.46 bits per heavy atom. The molecule has 1 atom stereocenters. The first kappa shape index (κ1) is 12.3. The minimum atomic E-state index is 0.0169. The summed E-state index contributed by atoms with van der Waals surface area (Å²) in [6.07, 6.45) is 1.24. The van der Waals surface area contributed by atoms with Gasteiger partial charge in [-0.25, -0.2) is 0 Å². The quantitative estimate of drug-likeness (QED) is 0.393. The lowest BCUT2D eigenvalue weighted by Crippen LogP contribution is -2.50. The second-order valence-corrected chi connectivity index (χ2v) is 4.43. The third-order valence-corrected chi connectivity index (χ3v) is 2.14. The number of hydrogen-bond acceptors (Lipinski definition) is 2. The van der Waals surface area contributed by atoms with Gasteiger partial charge in [-0.15, -0.1) is 0 Å². The van der Waals surface area contributed by atoms with Gasteiger partial charge in [-0.3, -0.25) is 10.5 Å². The van der Waals surface area contributed by atoms with Crippen molar-refractivity contribution in [1.82, 2.24) is 0 Å². The van der Waals surface area contributed by atoms with Crippen LogP contribution in [0.15, 0.2) is 12.2 Å². The first-order valence-corrected chi connectivity index (χ1v) is 4.50. The molecule has 0 heterocycles.